The molecule has 0 aliphatic carbocycles. The van der Waals surface area contributed by atoms with Gasteiger partial charge in [-0.05, 0) is 6.92 Å². The van der Waals surface area contributed by atoms with E-state index in [0.717, 1.165) is 23.1 Å². The van der Waals surface area contributed by atoms with E-state index in [-0.39, 0.29) is 0 Å². The first-order valence-electron chi connectivity index (χ1n) is 4.75. The van der Waals surface area contributed by atoms with Crippen LogP contribution in [0.15, 0.2) is 17.8 Å². The quantitative estimate of drug-likeness (QED) is 0.790. The Hall–Kier alpha value is -1.20. The summed E-state index contributed by atoms with van der Waals surface area (Å²) in [5.41, 5.74) is 1.04. The minimum Gasteiger partial charge on any atom is -0.354 e. The minimum absolute atomic E-state index is 0.450. The molecule has 0 aliphatic rings. The van der Waals surface area contributed by atoms with Gasteiger partial charge < -0.3 is 4.90 Å². The number of anilines is 1. The zero-order valence-electron chi connectivity index (χ0n) is 9.01. The van der Waals surface area contributed by atoms with E-state index in [1.165, 1.54) is 6.33 Å². The van der Waals surface area contributed by atoms with Gasteiger partial charge in [0, 0.05) is 18.5 Å². The van der Waals surface area contributed by atoms with Crippen molar-refractivity contribution in [3.8, 4) is 0 Å². The molecule has 0 aromatic carbocycles. The maximum atomic E-state index is 5.80. The Balaban J connectivity index is 2.11. The van der Waals surface area contributed by atoms with Crippen LogP contribution in [0.2, 0.25) is 5.15 Å². The molecule has 6 heteroatoms. The molecule has 0 saturated carbocycles. The van der Waals surface area contributed by atoms with Crippen molar-refractivity contribution in [1.82, 2.24) is 15.0 Å². The summed E-state index contributed by atoms with van der Waals surface area (Å²) in [7, 11) is 1.95. The van der Waals surface area contributed by atoms with E-state index in [1.54, 1.807) is 17.4 Å². The van der Waals surface area contributed by atoms with Crippen molar-refractivity contribution < 1.29 is 0 Å². The van der Waals surface area contributed by atoms with Gasteiger partial charge in [-0.3, -0.25) is 0 Å². The van der Waals surface area contributed by atoms with Crippen LogP contribution in [0.25, 0.3) is 0 Å². The molecule has 2 heterocycles. The molecule has 0 amide bonds. The van der Waals surface area contributed by atoms with Gasteiger partial charge in [0.1, 0.15) is 17.3 Å². The minimum atomic E-state index is 0.450. The molecule has 0 radical (unpaired) electrons. The number of halogens is 1. The van der Waals surface area contributed by atoms with Gasteiger partial charge in [0.2, 0.25) is 0 Å². The van der Waals surface area contributed by atoms with E-state index in [2.05, 4.69) is 20.3 Å². The summed E-state index contributed by atoms with van der Waals surface area (Å²) in [5, 5.41) is 3.57. The van der Waals surface area contributed by atoms with Crippen LogP contribution in [0.3, 0.4) is 0 Å². The molecule has 2 aromatic rings. The van der Waals surface area contributed by atoms with Gasteiger partial charge in [0.15, 0.2) is 0 Å². The first-order valence-corrected chi connectivity index (χ1v) is 6.00. The van der Waals surface area contributed by atoms with Crippen molar-refractivity contribution in [2.45, 2.75) is 13.5 Å². The zero-order chi connectivity index (χ0) is 11.5. The van der Waals surface area contributed by atoms with Crippen molar-refractivity contribution in [1.29, 1.82) is 0 Å². The summed E-state index contributed by atoms with van der Waals surface area (Å²) in [4.78, 5) is 14.4. The normalized spacial score (nSPS) is 10.4. The van der Waals surface area contributed by atoms with Crippen LogP contribution in [0.4, 0.5) is 5.82 Å². The number of hydrogen-bond acceptors (Lipinski definition) is 5. The first-order chi connectivity index (χ1) is 7.65. The number of rotatable bonds is 3. The average Bonchev–Trinajstić information content (AvgIpc) is 2.64. The maximum Gasteiger partial charge on any atom is 0.134 e. The SMILES string of the molecule is Cc1nc(CN(C)c2cc(Cl)ncn2)cs1. The summed E-state index contributed by atoms with van der Waals surface area (Å²) in [6.45, 7) is 2.72. The smallest absolute Gasteiger partial charge is 0.134 e. The third kappa shape index (κ3) is 2.68. The molecule has 4 nitrogen and oxygen atoms in total. The highest BCUT2D eigenvalue weighted by Crippen LogP contribution is 2.16. The molecule has 0 spiro atoms. The molecule has 2 rings (SSSR count). The first kappa shape index (κ1) is 11.3. The molecule has 0 unspecified atom stereocenters. The van der Waals surface area contributed by atoms with E-state index < -0.39 is 0 Å². The summed E-state index contributed by atoms with van der Waals surface area (Å²) in [5.74, 6) is 0.797. The van der Waals surface area contributed by atoms with Crippen molar-refractivity contribution in [3.05, 3.63) is 33.6 Å². The van der Waals surface area contributed by atoms with Gasteiger partial charge in [-0.15, -0.1) is 11.3 Å². The molecule has 0 fully saturated rings. The topological polar surface area (TPSA) is 41.9 Å². The maximum absolute atomic E-state index is 5.80. The van der Waals surface area contributed by atoms with Crippen LogP contribution in [-0.2, 0) is 6.54 Å². The second kappa shape index (κ2) is 4.76. The monoisotopic (exact) mass is 254 g/mol. The van der Waals surface area contributed by atoms with Crippen molar-refractivity contribution in [2.75, 3.05) is 11.9 Å². The zero-order valence-corrected chi connectivity index (χ0v) is 10.6. The number of aromatic nitrogens is 3. The van der Waals surface area contributed by atoms with Crippen LogP contribution in [0.5, 0.6) is 0 Å². The Bertz CT molecular complexity index is 485. The second-order valence-corrected chi connectivity index (χ2v) is 4.86. The predicted molar refractivity (Wildman–Crippen MR) is 66.0 cm³/mol. The molecule has 0 aliphatic heterocycles. The highest BCUT2D eigenvalue weighted by Gasteiger charge is 2.06. The lowest BCUT2D eigenvalue weighted by atomic mass is 10.4. The number of hydrogen-bond donors (Lipinski definition) is 0. The standard InChI is InChI=1S/C10H11ClN4S/c1-7-14-8(5-16-7)4-15(2)10-3-9(11)12-6-13-10/h3,5-6H,4H2,1-2H3. The largest absolute Gasteiger partial charge is 0.354 e. The van der Waals surface area contributed by atoms with Crippen molar-refractivity contribution >= 4 is 28.8 Å². The Morgan fingerprint density at radius 3 is 2.88 bits per heavy atom. The van der Waals surface area contributed by atoms with E-state index in [4.69, 9.17) is 11.6 Å². The van der Waals surface area contributed by atoms with Crippen molar-refractivity contribution in [3.63, 3.8) is 0 Å². The average molecular weight is 255 g/mol. The third-order valence-corrected chi connectivity index (χ3v) is 3.11. The van der Waals surface area contributed by atoms with E-state index in [9.17, 15) is 0 Å². The summed E-state index contributed by atoms with van der Waals surface area (Å²) < 4.78 is 0. The lowest BCUT2D eigenvalue weighted by Gasteiger charge is -2.16. The fourth-order valence-electron chi connectivity index (χ4n) is 1.34. The number of nitrogens with zero attached hydrogens (tertiary/aromatic N) is 4. The third-order valence-electron chi connectivity index (χ3n) is 2.08. The van der Waals surface area contributed by atoms with E-state index in [0.29, 0.717) is 5.15 Å². The molecule has 0 bridgehead atoms. The Morgan fingerprint density at radius 2 is 2.25 bits per heavy atom. The molecule has 84 valence electrons. The van der Waals surface area contributed by atoms with Crippen LogP contribution in [0, 0.1) is 6.92 Å². The van der Waals surface area contributed by atoms with Crippen LogP contribution < -0.4 is 4.90 Å². The molecule has 0 saturated heterocycles. The lowest BCUT2D eigenvalue weighted by Crippen LogP contribution is -2.17. The lowest BCUT2D eigenvalue weighted by molar-refractivity contribution is 0.865. The van der Waals surface area contributed by atoms with Gasteiger partial charge in [-0.2, -0.15) is 0 Å². The molecule has 0 atom stereocenters. The molecule has 2 aromatic heterocycles. The molecule has 0 N–H and O–H groups in total. The predicted octanol–water partition coefficient (Wildman–Crippen LogP) is 2.53. The Kier molecular flexibility index (Phi) is 3.36. The van der Waals surface area contributed by atoms with Crippen molar-refractivity contribution in [2.24, 2.45) is 0 Å². The van der Waals surface area contributed by atoms with Gasteiger partial charge in [0.25, 0.3) is 0 Å². The van der Waals surface area contributed by atoms with Crippen LogP contribution >= 0.6 is 22.9 Å². The van der Waals surface area contributed by atoms with Gasteiger partial charge in [-0.1, -0.05) is 11.6 Å². The van der Waals surface area contributed by atoms with Crippen LogP contribution in [-0.4, -0.2) is 22.0 Å². The van der Waals surface area contributed by atoms with E-state index >= 15 is 0 Å². The van der Waals surface area contributed by atoms with E-state index in [1.807, 2.05) is 18.9 Å². The van der Waals surface area contributed by atoms with Crippen LogP contribution in [0.1, 0.15) is 10.7 Å². The number of aryl methyl sites for hydroxylation is 1. The summed E-state index contributed by atoms with van der Waals surface area (Å²) >= 11 is 7.45. The van der Waals surface area contributed by atoms with Gasteiger partial charge >= 0.3 is 0 Å². The Morgan fingerprint density at radius 1 is 1.44 bits per heavy atom. The van der Waals surface area contributed by atoms with Gasteiger partial charge in [-0.25, -0.2) is 15.0 Å². The fourth-order valence-corrected chi connectivity index (χ4v) is 2.08. The van der Waals surface area contributed by atoms with Gasteiger partial charge in [0.05, 0.1) is 17.2 Å². The fraction of sp³-hybridized carbons (Fsp3) is 0.300. The molecular weight excluding hydrogens is 244 g/mol. The molecular formula is C10H11ClN4S. The highest BCUT2D eigenvalue weighted by atomic mass is 35.5. The number of thiazole rings is 1. The molecule has 16 heavy (non-hydrogen) atoms. The highest BCUT2D eigenvalue weighted by molar-refractivity contribution is 7.09. The second-order valence-electron chi connectivity index (χ2n) is 3.41. The summed E-state index contributed by atoms with van der Waals surface area (Å²) in [6.07, 6.45) is 1.46. The Labute approximate surface area is 103 Å². The summed E-state index contributed by atoms with van der Waals surface area (Å²) in [6, 6.07) is 1.74.